The van der Waals surface area contributed by atoms with Crippen molar-refractivity contribution in [3.63, 3.8) is 0 Å². The van der Waals surface area contributed by atoms with Crippen LogP contribution in [0, 0.1) is 0 Å². The Morgan fingerprint density at radius 3 is 2.20 bits per heavy atom. The molecule has 2 N–H and O–H groups in total. The van der Waals surface area contributed by atoms with E-state index in [2.05, 4.69) is 0 Å². The number of carbonyl (C=O) groups is 2. The summed E-state index contributed by atoms with van der Waals surface area (Å²) in [5, 5.41) is 17.3. The van der Waals surface area contributed by atoms with Crippen molar-refractivity contribution < 1.29 is 19.8 Å². The molecule has 1 rings (SSSR count). The Kier molecular flexibility index (Phi) is 3.62. The lowest BCUT2D eigenvalue weighted by atomic mass is 10.1. The van der Waals surface area contributed by atoms with E-state index >= 15 is 0 Å². The highest BCUT2D eigenvalue weighted by atomic mass is 16.4. The summed E-state index contributed by atoms with van der Waals surface area (Å²) in [7, 11) is 0. The molecule has 4 nitrogen and oxygen atoms in total. The van der Waals surface area contributed by atoms with Gasteiger partial charge < -0.3 is 10.2 Å². The lowest BCUT2D eigenvalue weighted by molar-refractivity contribution is -0.139. The number of aliphatic carboxylic acids is 2. The summed E-state index contributed by atoms with van der Waals surface area (Å²) < 4.78 is 0. The van der Waals surface area contributed by atoms with Crippen molar-refractivity contribution in [1.82, 2.24) is 0 Å². The first-order valence-corrected chi connectivity index (χ1v) is 4.30. The topological polar surface area (TPSA) is 74.6 Å². The van der Waals surface area contributed by atoms with Gasteiger partial charge in [-0.1, -0.05) is 30.3 Å². The van der Waals surface area contributed by atoms with E-state index in [-0.39, 0.29) is 5.57 Å². The molecule has 0 aromatic heterocycles. The van der Waals surface area contributed by atoms with E-state index in [9.17, 15) is 9.59 Å². The van der Waals surface area contributed by atoms with Gasteiger partial charge in [0.15, 0.2) is 0 Å². The van der Waals surface area contributed by atoms with Crippen molar-refractivity contribution in [3.8, 4) is 0 Å². The van der Waals surface area contributed by atoms with Crippen LogP contribution >= 0.6 is 0 Å². The molecule has 0 atom stereocenters. The molecular weight excluding hydrogens is 196 g/mol. The summed E-state index contributed by atoms with van der Waals surface area (Å²) in [4.78, 5) is 21.1. The average Bonchev–Trinajstić information content (AvgIpc) is 2.17. The molecule has 0 aliphatic carbocycles. The minimum absolute atomic E-state index is 0.131. The zero-order valence-electron chi connectivity index (χ0n) is 7.88. The number of carboxylic acid groups (broad SMARTS) is 2. The lowest BCUT2D eigenvalue weighted by Gasteiger charge is -1.98. The van der Waals surface area contributed by atoms with E-state index in [4.69, 9.17) is 10.2 Å². The van der Waals surface area contributed by atoms with Gasteiger partial charge in [-0.25, -0.2) is 4.79 Å². The largest absolute Gasteiger partial charge is 0.481 e. The van der Waals surface area contributed by atoms with Crippen molar-refractivity contribution >= 4 is 18.0 Å². The van der Waals surface area contributed by atoms with Crippen LogP contribution in [0.3, 0.4) is 0 Å². The minimum atomic E-state index is -1.21. The van der Waals surface area contributed by atoms with E-state index in [1.165, 1.54) is 6.08 Å². The summed E-state index contributed by atoms with van der Waals surface area (Å²) in [6.45, 7) is 0. The molecule has 0 spiro atoms. The van der Waals surface area contributed by atoms with Gasteiger partial charge in [0, 0.05) is 5.57 Å². The smallest absolute Gasteiger partial charge is 0.332 e. The molecule has 0 radical (unpaired) electrons. The highest BCUT2D eigenvalue weighted by Crippen LogP contribution is 2.09. The molecule has 4 heteroatoms. The molecule has 78 valence electrons. The van der Waals surface area contributed by atoms with Crippen LogP contribution in [0.15, 0.2) is 35.9 Å². The fraction of sp³-hybridized carbons (Fsp3) is 0.0909. The number of hydrogen-bond donors (Lipinski definition) is 2. The molecule has 0 aliphatic rings. The molecule has 0 saturated heterocycles. The Morgan fingerprint density at radius 1 is 1.13 bits per heavy atom. The summed E-state index contributed by atoms with van der Waals surface area (Å²) in [5.41, 5.74) is 0.546. The molecule has 0 bridgehead atoms. The molecule has 0 amide bonds. The molecule has 0 saturated carbocycles. The van der Waals surface area contributed by atoms with Crippen LogP contribution in [-0.4, -0.2) is 22.2 Å². The summed E-state index contributed by atoms with van der Waals surface area (Å²) in [6, 6.07) is 8.74. The second kappa shape index (κ2) is 4.95. The Labute approximate surface area is 86.5 Å². The average molecular weight is 206 g/mol. The molecule has 0 unspecified atom stereocenters. The van der Waals surface area contributed by atoms with Crippen molar-refractivity contribution in [1.29, 1.82) is 0 Å². The summed E-state index contributed by atoms with van der Waals surface area (Å²) in [6.07, 6.45) is 0.876. The van der Waals surface area contributed by atoms with E-state index in [1.807, 2.05) is 0 Å². The highest BCUT2D eigenvalue weighted by molar-refractivity contribution is 5.96. The Morgan fingerprint density at radius 2 is 1.73 bits per heavy atom. The van der Waals surface area contributed by atoms with Gasteiger partial charge in [0.1, 0.15) is 0 Å². The summed E-state index contributed by atoms with van der Waals surface area (Å²) >= 11 is 0. The van der Waals surface area contributed by atoms with Gasteiger partial charge in [0.05, 0.1) is 6.42 Å². The van der Waals surface area contributed by atoms with E-state index in [1.54, 1.807) is 30.3 Å². The van der Waals surface area contributed by atoms with Gasteiger partial charge in [0.25, 0.3) is 0 Å². The van der Waals surface area contributed by atoms with Gasteiger partial charge in [-0.3, -0.25) is 4.79 Å². The molecule has 0 fully saturated rings. The Balaban J connectivity index is 2.94. The van der Waals surface area contributed by atoms with Gasteiger partial charge >= 0.3 is 11.9 Å². The third kappa shape index (κ3) is 3.64. The summed E-state index contributed by atoms with van der Waals surface area (Å²) in [5.74, 6) is -2.36. The van der Waals surface area contributed by atoms with Gasteiger partial charge in [0.2, 0.25) is 0 Å². The van der Waals surface area contributed by atoms with E-state index in [0.29, 0.717) is 5.56 Å². The first-order chi connectivity index (χ1) is 7.09. The zero-order valence-corrected chi connectivity index (χ0v) is 7.88. The number of benzene rings is 1. The molecule has 15 heavy (non-hydrogen) atoms. The van der Waals surface area contributed by atoms with Crippen LogP contribution < -0.4 is 0 Å². The first-order valence-electron chi connectivity index (χ1n) is 4.30. The van der Waals surface area contributed by atoms with Crippen molar-refractivity contribution in [2.75, 3.05) is 0 Å². The Hall–Kier alpha value is -2.10. The number of hydrogen-bond acceptors (Lipinski definition) is 2. The standard InChI is InChI=1S/C11H10O4/c12-10(13)7-9(11(14)15)6-8-4-2-1-3-5-8/h1-6H,7H2,(H,12,13)(H,14,15). The normalized spacial score (nSPS) is 11.1. The fourth-order valence-corrected chi connectivity index (χ4v) is 1.10. The second-order valence-corrected chi connectivity index (χ2v) is 2.96. The SMILES string of the molecule is O=C(O)CC(=Cc1ccccc1)C(=O)O. The van der Waals surface area contributed by atoms with Crippen LogP contribution in [0.4, 0.5) is 0 Å². The lowest BCUT2D eigenvalue weighted by Crippen LogP contribution is -2.06. The zero-order chi connectivity index (χ0) is 11.3. The van der Waals surface area contributed by atoms with Gasteiger partial charge in [-0.05, 0) is 11.6 Å². The van der Waals surface area contributed by atoms with Crippen molar-refractivity contribution in [2.45, 2.75) is 6.42 Å². The maximum absolute atomic E-state index is 10.7. The fourth-order valence-electron chi connectivity index (χ4n) is 1.10. The van der Waals surface area contributed by atoms with Crippen LogP contribution in [0.1, 0.15) is 12.0 Å². The van der Waals surface area contributed by atoms with Crippen LogP contribution in [-0.2, 0) is 9.59 Å². The first kappa shape index (κ1) is 11.0. The predicted octanol–water partition coefficient (Wildman–Crippen LogP) is 1.63. The molecule has 1 aromatic carbocycles. The predicted molar refractivity (Wildman–Crippen MR) is 54.3 cm³/mol. The van der Waals surface area contributed by atoms with Crippen LogP contribution in [0.25, 0.3) is 6.08 Å². The van der Waals surface area contributed by atoms with E-state index in [0.717, 1.165) is 0 Å². The van der Waals surface area contributed by atoms with Gasteiger partial charge in [-0.2, -0.15) is 0 Å². The quantitative estimate of drug-likeness (QED) is 0.734. The van der Waals surface area contributed by atoms with E-state index < -0.39 is 18.4 Å². The van der Waals surface area contributed by atoms with Crippen molar-refractivity contribution in [3.05, 3.63) is 41.5 Å². The third-order valence-electron chi connectivity index (χ3n) is 1.76. The minimum Gasteiger partial charge on any atom is -0.481 e. The maximum Gasteiger partial charge on any atom is 0.332 e. The highest BCUT2D eigenvalue weighted by Gasteiger charge is 2.11. The molecule has 0 aliphatic heterocycles. The molecule has 0 heterocycles. The maximum atomic E-state index is 10.7. The van der Waals surface area contributed by atoms with Crippen LogP contribution in [0.5, 0.6) is 0 Å². The monoisotopic (exact) mass is 206 g/mol. The third-order valence-corrected chi connectivity index (χ3v) is 1.76. The molecule has 1 aromatic rings. The Bertz CT molecular complexity index is 392. The second-order valence-electron chi connectivity index (χ2n) is 2.96. The van der Waals surface area contributed by atoms with Crippen molar-refractivity contribution in [2.24, 2.45) is 0 Å². The van der Waals surface area contributed by atoms with Crippen LogP contribution in [0.2, 0.25) is 0 Å². The number of carboxylic acids is 2. The molecular formula is C11H10O4. The van der Waals surface area contributed by atoms with Gasteiger partial charge in [-0.15, -0.1) is 0 Å². The number of rotatable bonds is 4.